The minimum absolute atomic E-state index is 0.0101. The highest BCUT2D eigenvalue weighted by Crippen LogP contribution is 2.40. The first kappa shape index (κ1) is 24.0. The number of carbonyl (C=O) groups excluding carboxylic acids is 1. The highest BCUT2D eigenvalue weighted by Gasteiger charge is 2.39. The number of ketones is 1. The summed E-state index contributed by atoms with van der Waals surface area (Å²) >= 11 is 0. The maximum atomic E-state index is 12.7. The molecule has 2 aliphatic carbocycles. The number of Topliss-reactive ketones (excluding diaryl/α,β-unsaturated/α-hetero) is 1. The molecular formula is C22H30F3NO4S. The van der Waals surface area contributed by atoms with Crippen molar-refractivity contribution >= 4 is 15.6 Å². The molecule has 0 spiro atoms. The molecule has 0 amide bonds. The molecule has 2 atom stereocenters. The summed E-state index contributed by atoms with van der Waals surface area (Å²) in [5.41, 5.74) is 6.07. The highest BCUT2D eigenvalue weighted by atomic mass is 32.2. The Bertz CT molecular complexity index is 866. The number of benzene rings is 1. The first-order valence-electron chi connectivity index (χ1n) is 10.9. The van der Waals surface area contributed by atoms with Gasteiger partial charge in [0.05, 0.1) is 10.1 Å². The summed E-state index contributed by atoms with van der Waals surface area (Å²) in [5.74, 6) is -0.0282. The normalized spacial score (nSPS) is 26.8. The summed E-state index contributed by atoms with van der Waals surface area (Å²) in [6.07, 6.45) is 3.11. The summed E-state index contributed by atoms with van der Waals surface area (Å²) in [7, 11) is -3.69. The number of halogens is 3. The van der Waals surface area contributed by atoms with Gasteiger partial charge in [0.2, 0.25) is 0 Å². The third-order valence-electron chi connectivity index (χ3n) is 6.52. The second-order valence-electron chi connectivity index (χ2n) is 8.79. The van der Waals surface area contributed by atoms with Crippen LogP contribution in [0.1, 0.15) is 64.2 Å². The smallest absolute Gasteiger partial charge is 0.406 e. The lowest BCUT2D eigenvalue weighted by atomic mass is 9.79. The van der Waals surface area contributed by atoms with Crippen LogP contribution in [0.5, 0.6) is 5.75 Å². The third kappa shape index (κ3) is 6.44. The van der Waals surface area contributed by atoms with Gasteiger partial charge in [0.15, 0.2) is 9.84 Å². The lowest BCUT2D eigenvalue weighted by Gasteiger charge is -2.35. The Morgan fingerprint density at radius 1 is 1.13 bits per heavy atom. The van der Waals surface area contributed by atoms with Gasteiger partial charge >= 0.3 is 6.36 Å². The molecule has 1 aromatic rings. The molecule has 2 saturated carbocycles. The van der Waals surface area contributed by atoms with E-state index in [-0.39, 0.29) is 28.6 Å². The number of rotatable bonds is 9. The summed E-state index contributed by atoms with van der Waals surface area (Å²) in [4.78, 5) is 12.2. The van der Waals surface area contributed by atoms with Crippen molar-refractivity contribution in [2.75, 3.05) is 0 Å². The summed E-state index contributed by atoms with van der Waals surface area (Å²) in [6.45, 7) is 0. The van der Waals surface area contributed by atoms with Crippen LogP contribution in [0.25, 0.3) is 0 Å². The predicted octanol–water partition coefficient (Wildman–Crippen LogP) is 4.78. The topological polar surface area (TPSA) is 86.5 Å². The van der Waals surface area contributed by atoms with Crippen LogP contribution in [0.4, 0.5) is 13.2 Å². The van der Waals surface area contributed by atoms with E-state index in [1.165, 1.54) is 12.1 Å². The van der Waals surface area contributed by atoms with Crippen LogP contribution in [-0.4, -0.2) is 31.9 Å². The van der Waals surface area contributed by atoms with Crippen molar-refractivity contribution in [3.63, 3.8) is 0 Å². The number of ether oxygens (including phenoxy) is 1. The molecule has 31 heavy (non-hydrogen) atoms. The maximum Gasteiger partial charge on any atom is 0.573 e. The predicted molar refractivity (Wildman–Crippen MR) is 110 cm³/mol. The minimum atomic E-state index is -4.87. The number of unbranched alkanes of at least 4 members (excludes halogenated alkanes) is 1. The van der Waals surface area contributed by atoms with Gasteiger partial charge in [-0.15, -0.1) is 13.2 Å². The summed E-state index contributed by atoms with van der Waals surface area (Å²) in [5, 5.41) is -0.583. The van der Waals surface area contributed by atoms with Crippen molar-refractivity contribution in [3.05, 3.63) is 24.3 Å². The molecule has 0 aliphatic heterocycles. The molecule has 0 heterocycles. The van der Waals surface area contributed by atoms with E-state index in [1.54, 1.807) is 0 Å². The molecule has 2 aliphatic rings. The van der Waals surface area contributed by atoms with Crippen LogP contribution in [-0.2, 0) is 14.6 Å². The molecule has 5 nitrogen and oxygen atoms in total. The van der Waals surface area contributed by atoms with Gasteiger partial charge in [-0.05, 0) is 56.2 Å². The van der Waals surface area contributed by atoms with Crippen molar-refractivity contribution in [2.24, 2.45) is 17.6 Å². The molecule has 0 saturated heterocycles. The zero-order chi connectivity index (χ0) is 22.6. The molecule has 0 radical (unpaired) electrons. The molecule has 0 aromatic heterocycles. The molecule has 3 rings (SSSR count). The fourth-order valence-electron chi connectivity index (χ4n) is 4.68. The zero-order valence-corrected chi connectivity index (χ0v) is 18.3. The van der Waals surface area contributed by atoms with Gasteiger partial charge in [-0.3, -0.25) is 4.79 Å². The molecule has 2 fully saturated rings. The van der Waals surface area contributed by atoms with Crippen LogP contribution in [0, 0.1) is 11.8 Å². The third-order valence-corrected chi connectivity index (χ3v) is 8.69. The van der Waals surface area contributed by atoms with Gasteiger partial charge in [-0.2, -0.15) is 0 Å². The molecule has 0 bridgehead atoms. The molecule has 9 heteroatoms. The number of nitrogens with two attached hydrogens (primary N) is 1. The maximum absolute atomic E-state index is 12.7. The lowest BCUT2D eigenvalue weighted by molar-refractivity contribution is -0.274. The second kappa shape index (κ2) is 9.90. The fraction of sp³-hybridized carbons (Fsp3) is 0.682. The summed E-state index contributed by atoms with van der Waals surface area (Å²) in [6, 6.07) is 4.54. The number of hydrogen-bond donors (Lipinski definition) is 1. The van der Waals surface area contributed by atoms with E-state index in [0.717, 1.165) is 57.1 Å². The Morgan fingerprint density at radius 2 is 1.84 bits per heavy atom. The first-order valence-corrected chi connectivity index (χ1v) is 12.5. The van der Waals surface area contributed by atoms with Crippen molar-refractivity contribution in [1.82, 2.24) is 0 Å². The molecule has 1 aromatic carbocycles. The van der Waals surface area contributed by atoms with Crippen LogP contribution in [0.2, 0.25) is 0 Å². The van der Waals surface area contributed by atoms with E-state index >= 15 is 0 Å². The fourth-order valence-corrected chi connectivity index (χ4v) is 6.67. The standard InChI is InChI=1S/C22H30F3NO4S/c23-22(24,25)30-16-7-5-8-17(14-16)31(28,29)18-12-15(13-18)6-1-4-11-21(27)19-9-2-3-10-20(19)26/h5,7-8,14-15,18-20H,1-4,6,9-13,26H2. The van der Waals surface area contributed by atoms with Gasteiger partial charge in [-0.1, -0.05) is 31.7 Å². The Balaban J connectivity index is 1.41. The highest BCUT2D eigenvalue weighted by molar-refractivity contribution is 7.92. The van der Waals surface area contributed by atoms with E-state index in [0.29, 0.717) is 19.3 Å². The van der Waals surface area contributed by atoms with Crippen LogP contribution in [0.15, 0.2) is 29.2 Å². The Kier molecular flexibility index (Phi) is 7.68. The lowest BCUT2D eigenvalue weighted by Crippen LogP contribution is -2.38. The van der Waals surface area contributed by atoms with E-state index in [2.05, 4.69) is 4.74 Å². The average Bonchev–Trinajstić information content (AvgIpc) is 2.65. The van der Waals surface area contributed by atoms with E-state index in [4.69, 9.17) is 5.73 Å². The second-order valence-corrected chi connectivity index (χ2v) is 11.0. The largest absolute Gasteiger partial charge is 0.573 e. The summed E-state index contributed by atoms with van der Waals surface area (Å²) < 4.78 is 66.4. The van der Waals surface area contributed by atoms with Crippen LogP contribution >= 0.6 is 0 Å². The first-order chi connectivity index (χ1) is 14.6. The van der Waals surface area contributed by atoms with Gasteiger partial charge in [-0.25, -0.2) is 8.42 Å². The van der Waals surface area contributed by atoms with Gasteiger partial charge in [0.1, 0.15) is 11.5 Å². The minimum Gasteiger partial charge on any atom is -0.406 e. The van der Waals surface area contributed by atoms with E-state index in [9.17, 15) is 26.4 Å². The van der Waals surface area contributed by atoms with Gasteiger partial charge < -0.3 is 10.5 Å². The van der Waals surface area contributed by atoms with Gasteiger partial charge in [0, 0.05) is 18.4 Å². The molecule has 2 unspecified atom stereocenters. The molecular weight excluding hydrogens is 431 g/mol. The van der Waals surface area contributed by atoms with E-state index in [1.807, 2.05) is 0 Å². The number of hydrogen-bond acceptors (Lipinski definition) is 5. The molecule has 2 N–H and O–H groups in total. The van der Waals surface area contributed by atoms with Crippen molar-refractivity contribution in [2.45, 2.75) is 86.8 Å². The van der Waals surface area contributed by atoms with Crippen LogP contribution in [0.3, 0.4) is 0 Å². The van der Waals surface area contributed by atoms with Gasteiger partial charge in [0.25, 0.3) is 0 Å². The van der Waals surface area contributed by atoms with E-state index < -0.39 is 27.2 Å². The monoisotopic (exact) mass is 461 g/mol. The number of alkyl halides is 3. The zero-order valence-electron chi connectivity index (χ0n) is 17.4. The quantitative estimate of drug-likeness (QED) is 0.535. The SMILES string of the molecule is NC1CCCCC1C(=O)CCCCC1CC(S(=O)(=O)c2cccc(OC(F)(F)F)c2)C1. The number of carbonyl (C=O) groups is 1. The Morgan fingerprint density at radius 3 is 2.52 bits per heavy atom. The van der Waals surface area contributed by atoms with Crippen molar-refractivity contribution < 1.29 is 31.1 Å². The van der Waals surface area contributed by atoms with Crippen molar-refractivity contribution in [1.29, 1.82) is 0 Å². The number of sulfone groups is 1. The molecule has 174 valence electrons. The van der Waals surface area contributed by atoms with Crippen LogP contribution < -0.4 is 10.5 Å². The Hall–Kier alpha value is -1.61. The van der Waals surface area contributed by atoms with Crippen molar-refractivity contribution in [3.8, 4) is 5.75 Å². The average molecular weight is 462 g/mol. The Labute approximate surface area is 181 Å².